The van der Waals surface area contributed by atoms with Crippen molar-refractivity contribution in [1.82, 2.24) is 10.2 Å². The van der Waals surface area contributed by atoms with E-state index < -0.39 is 0 Å². The molecule has 1 aliphatic heterocycles. The molecule has 28 heavy (non-hydrogen) atoms. The van der Waals surface area contributed by atoms with Gasteiger partial charge in [0.15, 0.2) is 0 Å². The number of rotatable bonds is 8. The van der Waals surface area contributed by atoms with Crippen LogP contribution in [0.5, 0.6) is 5.75 Å². The largest absolute Gasteiger partial charge is 0.492 e. The lowest BCUT2D eigenvalue weighted by Crippen LogP contribution is -2.42. The minimum absolute atomic E-state index is 0.0296. The summed E-state index contributed by atoms with van der Waals surface area (Å²) >= 11 is 0. The lowest BCUT2D eigenvalue weighted by molar-refractivity contribution is -0.128. The molecule has 3 unspecified atom stereocenters. The molecule has 1 aliphatic rings. The predicted octanol–water partition coefficient (Wildman–Crippen LogP) is 2.12. The average molecular weight is 381 g/mol. The molecule has 0 spiro atoms. The quantitative estimate of drug-likeness (QED) is 0.734. The van der Waals surface area contributed by atoms with Crippen LogP contribution in [0, 0.1) is 5.92 Å². The summed E-state index contributed by atoms with van der Waals surface area (Å²) < 4.78 is 5.65. The van der Waals surface area contributed by atoms with Gasteiger partial charge in [-0.15, -0.1) is 0 Å². The normalized spacial score (nSPS) is 18.6. The molecule has 3 rings (SSSR count). The van der Waals surface area contributed by atoms with Gasteiger partial charge in [0, 0.05) is 19.0 Å². The highest BCUT2D eigenvalue weighted by Gasteiger charge is 2.32. The van der Waals surface area contributed by atoms with Crippen molar-refractivity contribution in [3.8, 4) is 5.75 Å². The van der Waals surface area contributed by atoms with Crippen LogP contribution in [0.25, 0.3) is 0 Å². The van der Waals surface area contributed by atoms with Crippen LogP contribution in [0.1, 0.15) is 24.9 Å². The van der Waals surface area contributed by atoms with Gasteiger partial charge in [-0.2, -0.15) is 0 Å². The summed E-state index contributed by atoms with van der Waals surface area (Å²) in [5, 5.41) is 2.98. The van der Waals surface area contributed by atoms with Crippen molar-refractivity contribution in [2.24, 2.45) is 11.7 Å². The monoisotopic (exact) mass is 381 g/mol. The van der Waals surface area contributed by atoms with E-state index in [0.717, 1.165) is 11.3 Å². The van der Waals surface area contributed by atoms with Gasteiger partial charge in [-0.25, -0.2) is 0 Å². The molecule has 2 amide bonds. The van der Waals surface area contributed by atoms with E-state index in [2.05, 4.69) is 5.32 Å². The fourth-order valence-corrected chi connectivity index (χ4v) is 3.34. The van der Waals surface area contributed by atoms with Crippen molar-refractivity contribution in [2.45, 2.75) is 25.4 Å². The number of nitrogens with two attached hydrogens (primary N) is 1. The smallest absolute Gasteiger partial charge is 0.225 e. The number of likely N-dealkylation sites (tertiary alicyclic amines) is 1. The third kappa shape index (κ3) is 5.10. The number of amides is 2. The van der Waals surface area contributed by atoms with Crippen molar-refractivity contribution in [1.29, 1.82) is 0 Å². The van der Waals surface area contributed by atoms with Gasteiger partial charge in [0.05, 0.1) is 18.5 Å². The number of para-hydroxylation sites is 1. The molecule has 0 aliphatic carbocycles. The maximum atomic E-state index is 12.6. The number of carbonyl (C=O) groups excluding carboxylic acids is 2. The minimum Gasteiger partial charge on any atom is -0.492 e. The first-order valence-electron chi connectivity index (χ1n) is 9.61. The minimum atomic E-state index is -0.382. The Hall–Kier alpha value is -2.86. The molecule has 0 radical (unpaired) electrons. The Morgan fingerprint density at radius 3 is 2.50 bits per heavy atom. The molecular weight excluding hydrogens is 354 g/mol. The van der Waals surface area contributed by atoms with E-state index in [-0.39, 0.29) is 29.8 Å². The Morgan fingerprint density at radius 2 is 1.82 bits per heavy atom. The van der Waals surface area contributed by atoms with Crippen LogP contribution in [0.15, 0.2) is 60.7 Å². The van der Waals surface area contributed by atoms with Crippen LogP contribution in [0.4, 0.5) is 0 Å². The molecule has 3 atom stereocenters. The molecule has 6 heteroatoms. The second kappa shape index (κ2) is 9.37. The number of carbonyl (C=O) groups is 2. The van der Waals surface area contributed by atoms with Crippen LogP contribution in [-0.4, -0.2) is 42.5 Å². The van der Waals surface area contributed by atoms with E-state index in [1.54, 1.807) is 4.90 Å². The predicted molar refractivity (Wildman–Crippen MR) is 108 cm³/mol. The standard InChI is InChI=1S/C22H27N3O3/c1-16(21(23)17-8-4-2-5-9-17)22(27)24-18-14-20(26)25(15-18)12-13-28-19-10-6-3-7-11-19/h2-11,16,18,21H,12-15,23H2,1H3,(H,24,27). The van der Waals surface area contributed by atoms with Crippen LogP contribution in [-0.2, 0) is 9.59 Å². The zero-order chi connectivity index (χ0) is 19.9. The van der Waals surface area contributed by atoms with Crippen LogP contribution in [0.3, 0.4) is 0 Å². The molecule has 2 aromatic rings. The second-order valence-electron chi connectivity index (χ2n) is 7.14. The van der Waals surface area contributed by atoms with E-state index in [4.69, 9.17) is 10.5 Å². The number of hydrogen-bond acceptors (Lipinski definition) is 4. The topological polar surface area (TPSA) is 84.7 Å². The van der Waals surface area contributed by atoms with Gasteiger partial charge < -0.3 is 20.7 Å². The summed E-state index contributed by atoms with van der Waals surface area (Å²) in [6.07, 6.45) is 0.310. The summed E-state index contributed by atoms with van der Waals surface area (Å²) in [6.45, 7) is 3.23. The van der Waals surface area contributed by atoms with Gasteiger partial charge in [-0.1, -0.05) is 55.5 Å². The highest BCUT2D eigenvalue weighted by atomic mass is 16.5. The first-order valence-corrected chi connectivity index (χ1v) is 9.61. The highest BCUT2D eigenvalue weighted by Crippen LogP contribution is 2.20. The van der Waals surface area contributed by atoms with Crippen molar-refractivity contribution >= 4 is 11.8 Å². The molecule has 0 bridgehead atoms. The van der Waals surface area contributed by atoms with Crippen molar-refractivity contribution in [3.05, 3.63) is 66.2 Å². The number of nitrogens with one attached hydrogen (secondary N) is 1. The third-order valence-corrected chi connectivity index (χ3v) is 5.07. The molecule has 3 N–H and O–H groups in total. The summed E-state index contributed by atoms with van der Waals surface area (Å²) in [4.78, 5) is 26.5. The summed E-state index contributed by atoms with van der Waals surface area (Å²) in [7, 11) is 0. The number of hydrogen-bond donors (Lipinski definition) is 2. The number of nitrogens with zero attached hydrogens (tertiary/aromatic N) is 1. The van der Waals surface area contributed by atoms with Crippen molar-refractivity contribution in [2.75, 3.05) is 19.7 Å². The summed E-state index contributed by atoms with van der Waals surface area (Å²) in [5.41, 5.74) is 7.16. The van der Waals surface area contributed by atoms with E-state index in [1.165, 1.54) is 0 Å². The third-order valence-electron chi connectivity index (χ3n) is 5.07. The Balaban J connectivity index is 1.46. The summed E-state index contributed by atoms with van der Waals surface area (Å²) in [6, 6.07) is 18.5. The van der Waals surface area contributed by atoms with Gasteiger partial charge in [0.25, 0.3) is 0 Å². The fraction of sp³-hybridized carbons (Fsp3) is 0.364. The first kappa shape index (κ1) is 19.9. The Kier molecular flexibility index (Phi) is 6.66. The number of ether oxygens (including phenoxy) is 1. The van der Waals surface area contributed by atoms with Gasteiger partial charge >= 0.3 is 0 Å². The van der Waals surface area contributed by atoms with E-state index in [9.17, 15) is 9.59 Å². The molecule has 0 saturated carbocycles. The zero-order valence-corrected chi connectivity index (χ0v) is 16.1. The maximum Gasteiger partial charge on any atom is 0.225 e. The number of benzene rings is 2. The Morgan fingerprint density at radius 1 is 1.18 bits per heavy atom. The lowest BCUT2D eigenvalue weighted by atomic mass is 9.94. The Labute approximate surface area is 165 Å². The highest BCUT2D eigenvalue weighted by molar-refractivity contribution is 5.83. The van der Waals surface area contributed by atoms with E-state index >= 15 is 0 Å². The van der Waals surface area contributed by atoms with Crippen LogP contribution >= 0.6 is 0 Å². The lowest BCUT2D eigenvalue weighted by Gasteiger charge is -2.22. The molecule has 6 nitrogen and oxygen atoms in total. The maximum absolute atomic E-state index is 12.6. The fourth-order valence-electron chi connectivity index (χ4n) is 3.34. The van der Waals surface area contributed by atoms with Crippen LogP contribution < -0.4 is 15.8 Å². The van der Waals surface area contributed by atoms with Crippen LogP contribution in [0.2, 0.25) is 0 Å². The molecule has 148 valence electrons. The van der Waals surface area contributed by atoms with E-state index in [1.807, 2.05) is 67.6 Å². The van der Waals surface area contributed by atoms with Gasteiger partial charge in [0.1, 0.15) is 12.4 Å². The van der Waals surface area contributed by atoms with Gasteiger partial charge in [-0.3, -0.25) is 9.59 Å². The SMILES string of the molecule is CC(C(=O)NC1CC(=O)N(CCOc2ccccc2)C1)C(N)c1ccccc1. The molecule has 1 heterocycles. The van der Waals surface area contributed by atoms with Gasteiger partial charge in [-0.05, 0) is 17.7 Å². The summed E-state index contributed by atoms with van der Waals surface area (Å²) in [5.74, 6) is 0.300. The average Bonchev–Trinajstić information content (AvgIpc) is 3.07. The molecular formula is C22H27N3O3. The van der Waals surface area contributed by atoms with Crippen molar-refractivity contribution in [3.63, 3.8) is 0 Å². The second-order valence-corrected chi connectivity index (χ2v) is 7.14. The molecule has 1 saturated heterocycles. The van der Waals surface area contributed by atoms with Gasteiger partial charge in [0.2, 0.25) is 11.8 Å². The zero-order valence-electron chi connectivity index (χ0n) is 16.1. The van der Waals surface area contributed by atoms with Crippen molar-refractivity contribution < 1.29 is 14.3 Å². The Bertz CT molecular complexity index is 782. The van der Waals surface area contributed by atoms with E-state index in [0.29, 0.717) is 26.1 Å². The molecule has 2 aromatic carbocycles. The molecule has 0 aromatic heterocycles. The first-order chi connectivity index (χ1) is 13.5. The molecule has 1 fully saturated rings.